The summed E-state index contributed by atoms with van der Waals surface area (Å²) in [7, 11) is 0. The van der Waals surface area contributed by atoms with Gasteiger partial charge < -0.3 is 10.4 Å². The van der Waals surface area contributed by atoms with E-state index in [1.54, 1.807) is 6.07 Å². The standard InChI is InChI=1S/C13H15ClN2O4/c14-11-7-10(16(19)20)2-1-9(11)8-13(12(17)18)3-5-15-6-4-13/h1-2,7,15H,3-6,8H2,(H,17,18). The highest BCUT2D eigenvalue weighted by atomic mass is 35.5. The van der Waals surface area contributed by atoms with Crippen molar-refractivity contribution >= 4 is 23.3 Å². The lowest BCUT2D eigenvalue weighted by atomic mass is 9.74. The van der Waals surface area contributed by atoms with Crippen LogP contribution in [0.1, 0.15) is 18.4 Å². The highest BCUT2D eigenvalue weighted by Crippen LogP contribution is 2.36. The summed E-state index contributed by atoms with van der Waals surface area (Å²) in [4.78, 5) is 21.7. The van der Waals surface area contributed by atoms with Crippen LogP contribution in [0.5, 0.6) is 0 Å². The molecule has 0 aliphatic carbocycles. The number of hydrogen-bond acceptors (Lipinski definition) is 4. The molecule has 2 N–H and O–H groups in total. The molecule has 1 aliphatic heterocycles. The quantitative estimate of drug-likeness (QED) is 0.657. The molecule has 108 valence electrons. The van der Waals surface area contributed by atoms with Gasteiger partial charge in [-0.1, -0.05) is 17.7 Å². The molecule has 20 heavy (non-hydrogen) atoms. The summed E-state index contributed by atoms with van der Waals surface area (Å²) in [5.41, 5.74) is -0.291. The third-order valence-corrected chi connectivity index (χ3v) is 4.14. The molecule has 7 heteroatoms. The fourth-order valence-corrected chi connectivity index (χ4v) is 2.77. The zero-order valence-corrected chi connectivity index (χ0v) is 11.5. The molecular formula is C13H15ClN2O4. The molecule has 0 saturated carbocycles. The summed E-state index contributed by atoms with van der Waals surface area (Å²) in [6.07, 6.45) is 1.34. The van der Waals surface area contributed by atoms with E-state index in [-0.39, 0.29) is 10.7 Å². The summed E-state index contributed by atoms with van der Waals surface area (Å²) >= 11 is 6.05. The maximum absolute atomic E-state index is 11.6. The van der Waals surface area contributed by atoms with Crippen LogP contribution in [-0.4, -0.2) is 29.1 Å². The summed E-state index contributed by atoms with van der Waals surface area (Å²) in [6.45, 7) is 1.30. The average molecular weight is 299 g/mol. The average Bonchev–Trinajstić information content (AvgIpc) is 2.41. The Balaban J connectivity index is 2.27. The first kappa shape index (κ1) is 14.7. The highest BCUT2D eigenvalue weighted by molar-refractivity contribution is 6.31. The van der Waals surface area contributed by atoms with Crippen LogP contribution in [0.2, 0.25) is 5.02 Å². The predicted octanol–water partition coefficient (Wildman–Crippen LogP) is 2.25. The minimum atomic E-state index is -0.842. The molecule has 0 atom stereocenters. The third-order valence-electron chi connectivity index (χ3n) is 3.79. The molecule has 6 nitrogen and oxygen atoms in total. The fourth-order valence-electron chi connectivity index (χ4n) is 2.53. The Bertz CT molecular complexity index is 541. The second-order valence-electron chi connectivity index (χ2n) is 5.05. The van der Waals surface area contributed by atoms with E-state index in [1.807, 2.05) is 0 Å². The Kier molecular flexibility index (Phi) is 4.25. The zero-order valence-electron chi connectivity index (χ0n) is 10.8. The second-order valence-corrected chi connectivity index (χ2v) is 5.45. The van der Waals surface area contributed by atoms with Gasteiger partial charge in [-0.3, -0.25) is 14.9 Å². The van der Waals surface area contributed by atoms with Gasteiger partial charge in [0.05, 0.1) is 15.4 Å². The number of nitrogens with zero attached hydrogens (tertiary/aromatic N) is 1. The number of carbonyl (C=O) groups is 1. The molecule has 1 aromatic carbocycles. The summed E-state index contributed by atoms with van der Waals surface area (Å²) in [5, 5.41) is 23.6. The lowest BCUT2D eigenvalue weighted by Gasteiger charge is -2.33. The third kappa shape index (κ3) is 2.91. The normalized spacial score (nSPS) is 17.6. The first-order valence-corrected chi connectivity index (χ1v) is 6.69. The largest absolute Gasteiger partial charge is 0.481 e. The zero-order chi connectivity index (χ0) is 14.8. The molecule has 0 bridgehead atoms. The van der Waals surface area contributed by atoms with Gasteiger partial charge in [-0.15, -0.1) is 0 Å². The smallest absolute Gasteiger partial charge is 0.310 e. The van der Waals surface area contributed by atoms with Gasteiger partial charge in [0.2, 0.25) is 0 Å². The number of carboxylic acid groups (broad SMARTS) is 1. The van der Waals surface area contributed by atoms with E-state index in [0.717, 1.165) is 0 Å². The molecule has 1 fully saturated rings. The lowest BCUT2D eigenvalue weighted by Crippen LogP contribution is -2.43. The van der Waals surface area contributed by atoms with Crippen molar-refractivity contribution in [2.24, 2.45) is 5.41 Å². The number of nitrogens with one attached hydrogen (secondary N) is 1. The van der Waals surface area contributed by atoms with Crippen molar-refractivity contribution in [1.29, 1.82) is 0 Å². The Morgan fingerprint density at radius 2 is 2.10 bits per heavy atom. The summed E-state index contributed by atoms with van der Waals surface area (Å²) in [6, 6.07) is 4.18. The molecule has 0 amide bonds. The van der Waals surface area contributed by atoms with E-state index in [0.29, 0.717) is 37.9 Å². The number of benzene rings is 1. The molecule has 0 radical (unpaired) electrons. The van der Waals surface area contributed by atoms with Crippen molar-refractivity contribution in [3.05, 3.63) is 38.9 Å². The Labute approximate surface area is 120 Å². The molecule has 1 aliphatic rings. The Hall–Kier alpha value is -1.66. The van der Waals surface area contributed by atoms with Crippen LogP contribution < -0.4 is 5.32 Å². The minimum Gasteiger partial charge on any atom is -0.481 e. The number of carboxylic acids is 1. The molecule has 0 aromatic heterocycles. The van der Waals surface area contributed by atoms with Gasteiger partial charge in [0.15, 0.2) is 0 Å². The number of aliphatic carboxylic acids is 1. The maximum Gasteiger partial charge on any atom is 0.310 e. The van der Waals surface area contributed by atoms with Crippen molar-refractivity contribution < 1.29 is 14.8 Å². The molecule has 2 rings (SSSR count). The number of non-ortho nitro benzene ring substituents is 1. The van der Waals surface area contributed by atoms with Gasteiger partial charge in [-0.2, -0.15) is 0 Å². The number of nitro groups is 1. The SMILES string of the molecule is O=C(O)C1(Cc2ccc([N+](=O)[O-])cc2Cl)CCNCC1. The second kappa shape index (κ2) is 5.76. The van der Waals surface area contributed by atoms with Gasteiger partial charge in [0.1, 0.15) is 0 Å². The Morgan fingerprint density at radius 3 is 2.60 bits per heavy atom. The van der Waals surface area contributed by atoms with Gasteiger partial charge in [0.25, 0.3) is 5.69 Å². The number of nitro benzene ring substituents is 1. The first-order chi connectivity index (χ1) is 9.44. The van der Waals surface area contributed by atoms with Crippen LogP contribution in [-0.2, 0) is 11.2 Å². The van der Waals surface area contributed by atoms with Gasteiger partial charge in [-0.25, -0.2) is 0 Å². The van der Waals surface area contributed by atoms with Crippen LogP contribution in [0.4, 0.5) is 5.69 Å². The van der Waals surface area contributed by atoms with E-state index in [4.69, 9.17) is 11.6 Å². The van der Waals surface area contributed by atoms with Crippen LogP contribution in [0.15, 0.2) is 18.2 Å². The van der Waals surface area contributed by atoms with E-state index in [2.05, 4.69) is 5.32 Å². The molecule has 0 unspecified atom stereocenters. The van der Waals surface area contributed by atoms with E-state index >= 15 is 0 Å². The minimum absolute atomic E-state index is 0.0894. The number of halogens is 1. The lowest BCUT2D eigenvalue weighted by molar-refractivity contribution is -0.384. The number of rotatable bonds is 4. The highest BCUT2D eigenvalue weighted by Gasteiger charge is 2.40. The topological polar surface area (TPSA) is 92.5 Å². The molecular weight excluding hydrogens is 284 g/mol. The van der Waals surface area contributed by atoms with Crippen LogP contribution in [0, 0.1) is 15.5 Å². The molecule has 1 heterocycles. The monoisotopic (exact) mass is 298 g/mol. The number of hydrogen-bond donors (Lipinski definition) is 2. The molecule has 1 saturated heterocycles. The fraction of sp³-hybridized carbons (Fsp3) is 0.462. The van der Waals surface area contributed by atoms with Gasteiger partial charge in [-0.05, 0) is 37.9 Å². The Morgan fingerprint density at radius 1 is 1.45 bits per heavy atom. The van der Waals surface area contributed by atoms with Crippen LogP contribution in [0.3, 0.4) is 0 Å². The van der Waals surface area contributed by atoms with Crippen molar-refractivity contribution in [2.75, 3.05) is 13.1 Å². The van der Waals surface area contributed by atoms with E-state index in [9.17, 15) is 20.0 Å². The summed E-state index contributed by atoms with van der Waals surface area (Å²) < 4.78 is 0. The number of piperidine rings is 1. The van der Waals surface area contributed by atoms with Gasteiger partial charge >= 0.3 is 5.97 Å². The predicted molar refractivity (Wildman–Crippen MR) is 74.0 cm³/mol. The van der Waals surface area contributed by atoms with E-state index < -0.39 is 16.3 Å². The van der Waals surface area contributed by atoms with E-state index in [1.165, 1.54) is 12.1 Å². The van der Waals surface area contributed by atoms with Crippen LogP contribution in [0.25, 0.3) is 0 Å². The van der Waals surface area contributed by atoms with Crippen molar-refractivity contribution in [3.63, 3.8) is 0 Å². The molecule has 1 aromatic rings. The summed E-state index contributed by atoms with van der Waals surface area (Å²) in [5.74, 6) is -0.839. The molecule has 0 spiro atoms. The first-order valence-electron chi connectivity index (χ1n) is 6.31. The van der Waals surface area contributed by atoms with Gasteiger partial charge in [0, 0.05) is 12.1 Å². The maximum atomic E-state index is 11.6. The van der Waals surface area contributed by atoms with Crippen molar-refractivity contribution in [3.8, 4) is 0 Å². The van der Waals surface area contributed by atoms with Crippen molar-refractivity contribution in [1.82, 2.24) is 5.32 Å². The van der Waals surface area contributed by atoms with Crippen molar-refractivity contribution in [2.45, 2.75) is 19.3 Å². The van der Waals surface area contributed by atoms with Crippen LogP contribution >= 0.6 is 11.6 Å².